The summed E-state index contributed by atoms with van der Waals surface area (Å²) in [5, 5.41) is 14.3. The van der Waals surface area contributed by atoms with Crippen molar-refractivity contribution in [3.63, 3.8) is 0 Å². The van der Waals surface area contributed by atoms with Crippen molar-refractivity contribution in [2.24, 2.45) is 5.10 Å². The minimum absolute atomic E-state index is 0.0134. The summed E-state index contributed by atoms with van der Waals surface area (Å²) in [6.07, 6.45) is 1.43. The lowest BCUT2D eigenvalue weighted by molar-refractivity contribution is -0.384. The number of hydrogen-bond acceptors (Lipinski definition) is 5. The molecule has 0 aromatic heterocycles. The molecular formula is C12H14N4O4. The fraction of sp³-hybridized carbons (Fsp3) is 0.333. The summed E-state index contributed by atoms with van der Waals surface area (Å²) >= 11 is 0. The number of rotatable bonds is 3. The molecule has 0 aliphatic carbocycles. The van der Waals surface area contributed by atoms with Crippen LogP contribution < -0.4 is 5.43 Å². The van der Waals surface area contributed by atoms with Gasteiger partial charge in [-0.25, -0.2) is 10.2 Å². The largest absolute Gasteiger partial charge is 0.378 e. The average Bonchev–Trinajstić information content (AvgIpc) is 2.48. The summed E-state index contributed by atoms with van der Waals surface area (Å²) < 4.78 is 5.14. The second-order valence-corrected chi connectivity index (χ2v) is 4.12. The maximum atomic E-state index is 11.7. The number of amides is 2. The number of nitro groups is 1. The molecule has 2 rings (SSSR count). The number of morpholine rings is 1. The molecule has 0 bridgehead atoms. The molecule has 1 N–H and O–H groups in total. The maximum Gasteiger partial charge on any atom is 0.337 e. The van der Waals surface area contributed by atoms with Gasteiger partial charge in [-0.15, -0.1) is 0 Å². The van der Waals surface area contributed by atoms with Gasteiger partial charge in [-0.2, -0.15) is 5.10 Å². The zero-order valence-electron chi connectivity index (χ0n) is 10.7. The molecular weight excluding hydrogens is 264 g/mol. The molecule has 1 aliphatic rings. The number of ether oxygens (including phenoxy) is 1. The minimum atomic E-state index is -0.471. The van der Waals surface area contributed by atoms with Gasteiger partial charge in [-0.1, -0.05) is 0 Å². The van der Waals surface area contributed by atoms with Crippen LogP contribution in [0.25, 0.3) is 0 Å². The molecule has 1 aromatic rings. The SMILES string of the molecule is O=C(N/N=C/c1ccc([N+](=O)[O-])cc1)N1CCOCC1. The number of carbonyl (C=O) groups excluding carboxylic acids is 1. The van der Waals surface area contributed by atoms with Crippen molar-refractivity contribution >= 4 is 17.9 Å². The van der Waals surface area contributed by atoms with E-state index in [1.54, 1.807) is 17.0 Å². The van der Waals surface area contributed by atoms with Crippen LogP contribution >= 0.6 is 0 Å². The molecule has 0 atom stereocenters. The lowest BCUT2D eigenvalue weighted by atomic mass is 10.2. The molecule has 1 aromatic carbocycles. The number of urea groups is 1. The van der Waals surface area contributed by atoms with Crippen LogP contribution in [-0.4, -0.2) is 48.4 Å². The Kier molecular flexibility index (Phi) is 4.61. The van der Waals surface area contributed by atoms with Gasteiger partial charge in [0.2, 0.25) is 0 Å². The van der Waals surface area contributed by atoms with Gasteiger partial charge in [-0.05, 0) is 17.7 Å². The van der Waals surface area contributed by atoms with E-state index in [0.717, 1.165) is 0 Å². The number of non-ortho nitro benzene ring substituents is 1. The van der Waals surface area contributed by atoms with E-state index >= 15 is 0 Å². The van der Waals surface area contributed by atoms with Crippen molar-refractivity contribution in [1.82, 2.24) is 10.3 Å². The van der Waals surface area contributed by atoms with Gasteiger partial charge >= 0.3 is 6.03 Å². The molecule has 0 saturated carbocycles. The highest BCUT2D eigenvalue weighted by Gasteiger charge is 2.15. The molecule has 0 spiro atoms. The highest BCUT2D eigenvalue weighted by molar-refractivity contribution is 5.82. The molecule has 20 heavy (non-hydrogen) atoms. The Morgan fingerprint density at radius 3 is 2.60 bits per heavy atom. The second kappa shape index (κ2) is 6.62. The predicted molar refractivity (Wildman–Crippen MR) is 71.6 cm³/mol. The van der Waals surface area contributed by atoms with E-state index in [0.29, 0.717) is 31.9 Å². The molecule has 1 saturated heterocycles. The van der Waals surface area contributed by atoms with Crippen molar-refractivity contribution in [2.45, 2.75) is 0 Å². The maximum absolute atomic E-state index is 11.7. The smallest absolute Gasteiger partial charge is 0.337 e. The Morgan fingerprint density at radius 1 is 1.35 bits per heavy atom. The van der Waals surface area contributed by atoms with Crippen molar-refractivity contribution in [3.05, 3.63) is 39.9 Å². The molecule has 1 fully saturated rings. The van der Waals surface area contributed by atoms with E-state index in [4.69, 9.17) is 4.74 Å². The Balaban J connectivity index is 1.86. The third kappa shape index (κ3) is 3.75. The van der Waals surface area contributed by atoms with E-state index in [-0.39, 0.29) is 11.7 Å². The number of hydrazone groups is 1. The van der Waals surface area contributed by atoms with Crippen molar-refractivity contribution < 1.29 is 14.5 Å². The van der Waals surface area contributed by atoms with E-state index in [2.05, 4.69) is 10.5 Å². The second-order valence-electron chi connectivity index (χ2n) is 4.12. The summed E-state index contributed by atoms with van der Waals surface area (Å²) in [7, 11) is 0. The number of nitro benzene ring substituents is 1. The Bertz CT molecular complexity index is 509. The number of carbonyl (C=O) groups is 1. The van der Waals surface area contributed by atoms with Gasteiger partial charge in [0.05, 0.1) is 24.4 Å². The molecule has 8 heteroatoms. The Morgan fingerprint density at radius 2 is 2.00 bits per heavy atom. The quantitative estimate of drug-likeness (QED) is 0.506. The third-order valence-corrected chi connectivity index (χ3v) is 2.78. The van der Waals surface area contributed by atoms with Gasteiger partial charge in [0.15, 0.2) is 0 Å². The number of benzene rings is 1. The molecule has 0 unspecified atom stereocenters. The molecule has 2 amide bonds. The zero-order valence-corrected chi connectivity index (χ0v) is 10.7. The van der Waals surface area contributed by atoms with Crippen molar-refractivity contribution in [1.29, 1.82) is 0 Å². The first kappa shape index (κ1) is 13.9. The van der Waals surface area contributed by atoms with Gasteiger partial charge in [0.1, 0.15) is 0 Å². The van der Waals surface area contributed by atoms with Crippen molar-refractivity contribution in [3.8, 4) is 0 Å². The summed E-state index contributed by atoms with van der Waals surface area (Å²) in [6.45, 7) is 2.14. The number of nitrogens with one attached hydrogen (secondary N) is 1. The highest BCUT2D eigenvalue weighted by atomic mass is 16.6. The third-order valence-electron chi connectivity index (χ3n) is 2.78. The molecule has 1 aliphatic heterocycles. The van der Waals surface area contributed by atoms with Crippen LogP contribution in [0.15, 0.2) is 29.4 Å². The first-order valence-corrected chi connectivity index (χ1v) is 6.07. The van der Waals surface area contributed by atoms with Gasteiger partial charge in [0.25, 0.3) is 5.69 Å². The number of nitrogens with zero attached hydrogens (tertiary/aromatic N) is 3. The monoisotopic (exact) mass is 278 g/mol. The lowest BCUT2D eigenvalue weighted by Crippen LogP contribution is -2.44. The van der Waals surface area contributed by atoms with Gasteiger partial charge in [0, 0.05) is 25.2 Å². The van der Waals surface area contributed by atoms with Crippen LogP contribution in [0.2, 0.25) is 0 Å². The lowest BCUT2D eigenvalue weighted by Gasteiger charge is -2.25. The minimum Gasteiger partial charge on any atom is -0.378 e. The average molecular weight is 278 g/mol. The first-order chi connectivity index (χ1) is 9.66. The van der Waals surface area contributed by atoms with Crippen LogP contribution in [0.5, 0.6) is 0 Å². The van der Waals surface area contributed by atoms with Crippen LogP contribution in [0.3, 0.4) is 0 Å². The summed E-state index contributed by atoms with van der Waals surface area (Å²) in [5.41, 5.74) is 3.08. The summed E-state index contributed by atoms with van der Waals surface area (Å²) in [4.78, 5) is 23.3. The topological polar surface area (TPSA) is 97.1 Å². The number of hydrogen-bond donors (Lipinski definition) is 1. The molecule has 0 radical (unpaired) electrons. The fourth-order valence-electron chi connectivity index (χ4n) is 1.68. The standard InChI is InChI=1S/C12H14N4O4/c17-12(15-5-7-20-8-6-15)14-13-9-10-1-3-11(4-2-10)16(18)19/h1-4,9H,5-8H2,(H,14,17)/b13-9+. The van der Waals surface area contributed by atoms with E-state index < -0.39 is 4.92 Å². The normalized spacial score (nSPS) is 15.3. The molecule has 1 heterocycles. The Hall–Kier alpha value is -2.48. The van der Waals surface area contributed by atoms with Crippen molar-refractivity contribution in [2.75, 3.05) is 26.3 Å². The molecule has 106 valence electrons. The highest BCUT2D eigenvalue weighted by Crippen LogP contribution is 2.10. The first-order valence-electron chi connectivity index (χ1n) is 6.07. The zero-order chi connectivity index (χ0) is 14.4. The summed E-state index contributed by atoms with van der Waals surface area (Å²) in [5.74, 6) is 0. The van der Waals surface area contributed by atoms with Gasteiger partial charge < -0.3 is 9.64 Å². The van der Waals surface area contributed by atoms with E-state index in [1.165, 1.54) is 18.3 Å². The summed E-state index contributed by atoms with van der Waals surface area (Å²) in [6, 6.07) is 5.59. The molecule has 8 nitrogen and oxygen atoms in total. The van der Waals surface area contributed by atoms with E-state index in [9.17, 15) is 14.9 Å². The Labute approximate surface area is 115 Å². The van der Waals surface area contributed by atoms with Gasteiger partial charge in [-0.3, -0.25) is 10.1 Å². The van der Waals surface area contributed by atoms with E-state index in [1.807, 2.05) is 0 Å². The van der Waals surface area contributed by atoms with Crippen LogP contribution in [0.1, 0.15) is 5.56 Å². The van der Waals surface area contributed by atoms with Crippen LogP contribution in [0.4, 0.5) is 10.5 Å². The van der Waals surface area contributed by atoms with Crippen LogP contribution in [0, 0.1) is 10.1 Å². The predicted octanol–water partition coefficient (Wildman–Crippen LogP) is 0.971. The fourth-order valence-corrected chi connectivity index (χ4v) is 1.68. The van der Waals surface area contributed by atoms with Crippen LogP contribution in [-0.2, 0) is 4.74 Å².